The Bertz CT molecular complexity index is 536. The summed E-state index contributed by atoms with van der Waals surface area (Å²) in [5.74, 6) is 0. The lowest BCUT2D eigenvalue weighted by molar-refractivity contribution is 0.281. The van der Waals surface area contributed by atoms with E-state index in [2.05, 4.69) is 15.9 Å². The van der Waals surface area contributed by atoms with Crippen molar-refractivity contribution in [2.75, 3.05) is 0 Å². The van der Waals surface area contributed by atoms with Crippen LogP contribution in [0.5, 0.6) is 0 Å². The van der Waals surface area contributed by atoms with Crippen LogP contribution in [0.25, 0.3) is 0 Å². The van der Waals surface area contributed by atoms with Crippen LogP contribution in [0.3, 0.4) is 0 Å². The molecule has 0 aliphatic heterocycles. The summed E-state index contributed by atoms with van der Waals surface area (Å²) in [7, 11) is 1.17. The number of benzene rings is 1. The number of nitrogens with zero attached hydrogens (tertiary/aromatic N) is 1. The van der Waals surface area contributed by atoms with E-state index >= 15 is 0 Å². The first-order valence-corrected chi connectivity index (χ1v) is 6.78. The Morgan fingerprint density at radius 2 is 2.13 bits per heavy atom. The largest absolute Gasteiger partial charge is 0.392 e. The molecule has 1 aromatic rings. The van der Waals surface area contributed by atoms with Crippen molar-refractivity contribution in [3.8, 4) is 6.07 Å². The maximum Gasteiger partial charge on any atom is 0.262 e. The summed E-state index contributed by atoms with van der Waals surface area (Å²) in [6.07, 6.45) is 0. The molecule has 1 N–H and O–H groups in total. The highest BCUT2D eigenvalue weighted by atomic mass is 79.9. The first kappa shape index (κ1) is 12.5. The van der Waals surface area contributed by atoms with Gasteiger partial charge in [-0.3, -0.25) is 0 Å². The average molecular weight is 311 g/mol. The maximum atomic E-state index is 11.1. The molecule has 4 nitrogen and oxygen atoms in total. The van der Waals surface area contributed by atoms with E-state index in [0.29, 0.717) is 10.0 Å². The van der Waals surface area contributed by atoms with Crippen molar-refractivity contribution in [2.24, 2.45) is 0 Å². The van der Waals surface area contributed by atoms with Gasteiger partial charge < -0.3 is 5.11 Å². The molecule has 0 aromatic heterocycles. The van der Waals surface area contributed by atoms with Crippen molar-refractivity contribution in [1.29, 1.82) is 5.26 Å². The average Bonchev–Trinajstić information content (AvgIpc) is 2.15. The highest BCUT2D eigenvalue weighted by Gasteiger charge is 2.18. The van der Waals surface area contributed by atoms with Crippen molar-refractivity contribution < 1.29 is 13.5 Å². The van der Waals surface area contributed by atoms with Crippen molar-refractivity contribution in [3.05, 3.63) is 27.7 Å². The van der Waals surface area contributed by atoms with Gasteiger partial charge in [-0.2, -0.15) is 5.26 Å². The van der Waals surface area contributed by atoms with E-state index in [4.69, 9.17) is 21.1 Å². The molecule has 0 saturated heterocycles. The highest BCUT2D eigenvalue weighted by Crippen LogP contribution is 2.27. The zero-order valence-electron chi connectivity index (χ0n) is 7.24. The van der Waals surface area contributed by atoms with Crippen molar-refractivity contribution in [2.45, 2.75) is 11.5 Å². The lowest BCUT2D eigenvalue weighted by Crippen LogP contribution is -1.98. The van der Waals surface area contributed by atoms with E-state index in [1.54, 1.807) is 6.07 Å². The van der Waals surface area contributed by atoms with E-state index in [0.717, 1.165) is 0 Å². The van der Waals surface area contributed by atoms with E-state index in [-0.39, 0.29) is 17.1 Å². The minimum atomic E-state index is -3.98. The minimum Gasteiger partial charge on any atom is -0.392 e. The topological polar surface area (TPSA) is 78.2 Å². The Hall–Kier alpha value is -0.610. The molecule has 0 spiro atoms. The predicted molar refractivity (Wildman–Crippen MR) is 57.8 cm³/mol. The molecule has 0 saturated carbocycles. The molecule has 0 fully saturated rings. The van der Waals surface area contributed by atoms with Gasteiger partial charge in [0, 0.05) is 15.2 Å². The van der Waals surface area contributed by atoms with Gasteiger partial charge in [-0.25, -0.2) is 8.42 Å². The minimum absolute atomic E-state index is 0.0610. The fourth-order valence-electron chi connectivity index (χ4n) is 1.01. The van der Waals surface area contributed by atoms with Gasteiger partial charge in [0.05, 0.1) is 12.2 Å². The Morgan fingerprint density at radius 3 is 2.53 bits per heavy atom. The van der Waals surface area contributed by atoms with Crippen molar-refractivity contribution >= 4 is 35.7 Å². The monoisotopic (exact) mass is 309 g/mol. The Labute approximate surface area is 99.6 Å². The number of hydrogen-bond donors (Lipinski definition) is 1. The molecule has 0 radical (unpaired) electrons. The molecule has 0 heterocycles. The summed E-state index contributed by atoms with van der Waals surface area (Å²) in [6.45, 7) is -0.342. The molecule has 1 rings (SSSR count). The maximum absolute atomic E-state index is 11.1. The number of hydrogen-bond acceptors (Lipinski definition) is 4. The Morgan fingerprint density at radius 1 is 1.53 bits per heavy atom. The first-order valence-electron chi connectivity index (χ1n) is 3.68. The third-order valence-corrected chi connectivity index (χ3v) is 3.80. The second-order valence-electron chi connectivity index (χ2n) is 2.65. The Balaban J connectivity index is 3.59. The van der Waals surface area contributed by atoms with Crippen LogP contribution in [0, 0.1) is 11.3 Å². The molecule has 0 unspecified atom stereocenters. The number of aliphatic hydroxyl groups excluding tert-OH is 1. The van der Waals surface area contributed by atoms with E-state index in [1.807, 2.05) is 0 Å². The van der Waals surface area contributed by atoms with Gasteiger partial charge >= 0.3 is 0 Å². The fraction of sp³-hybridized carbons (Fsp3) is 0.125. The molecular formula is C8H5BrClNO3S. The summed E-state index contributed by atoms with van der Waals surface area (Å²) in [4.78, 5) is -0.293. The number of halogens is 2. The van der Waals surface area contributed by atoms with Gasteiger partial charge in [-0.1, -0.05) is 15.9 Å². The molecular weight excluding hydrogens is 306 g/mol. The van der Waals surface area contributed by atoms with Gasteiger partial charge in [-0.15, -0.1) is 0 Å². The highest BCUT2D eigenvalue weighted by molar-refractivity contribution is 9.10. The van der Waals surface area contributed by atoms with Gasteiger partial charge in [0.15, 0.2) is 0 Å². The summed E-state index contributed by atoms with van der Waals surface area (Å²) in [5, 5.41) is 17.6. The molecule has 0 aliphatic rings. The second-order valence-corrected chi connectivity index (χ2v) is 6.04. The van der Waals surface area contributed by atoms with E-state index < -0.39 is 9.05 Å². The summed E-state index contributed by atoms with van der Waals surface area (Å²) in [6, 6.07) is 4.20. The molecule has 0 amide bonds. The SMILES string of the molecule is N#Cc1cc(Br)c(CO)cc1S(=O)(=O)Cl. The standard InChI is InChI=1S/C8H5BrClNO3S/c9-7-1-5(3-11)8(15(10,13)14)2-6(7)4-12/h1-2,12H,4H2. The quantitative estimate of drug-likeness (QED) is 0.844. The van der Waals surface area contributed by atoms with Crippen LogP contribution in [0.2, 0.25) is 0 Å². The third kappa shape index (κ3) is 2.69. The zero-order chi connectivity index (χ0) is 11.6. The van der Waals surface area contributed by atoms with E-state index in [9.17, 15) is 8.42 Å². The smallest absolute Gasteiger partial charge is 0.262 e. The van der Waals surface area contributed by atoms with Crippen molar-refractivity contribution in [3.63, 3.8) is 0 Å². The summed E-state index contributed by atoms with van der Waals surface area (Å²) >= 11 is 3.10. The van der Waals surface area contributed by atoms with Crippen LogP contribution in [0.1, 0.15) is 11.1 Å². The van der Waals surface area contributed by atoms with Crippen LogP contribution in [-0.4, -0.2) is 13.5 Å². The van der Waals surface area contributed by atoms with Gasteiger partial charge in [0.1, 0.15) is 11.0 Å². The summed E-state index contributed by atoms with van der Waals surface area (Å²) in [5.41, 5.74) is 0.294. The molecule has 1 aromatic carbocycles. The predicted octanol–water partition coefficient (Wildman–Crippen LogP) is 1.74. The van der Waals surface area contributed by atoms with Crippen molar-refractivity contribution in [1.82, 2.24) is 0 Å². The van der Waals surface area contributed by atoms with Crippen LogP contribution in [-0.2, 0) is 15.7 Å². The third-order valence-electron chi connectivity index (χ3n) is 1.70. The van der Waals surface area contributed by atoms with Crippen LogP contribution in [0.15, 0.2) is 21.5 Å². The lowest BCUT2D eigenvalue weighted by Gasteiger charge is -2.05. The van der Waals surface area contributed by atoms with Crippen LogP contribution in [0.4, 0.5) is 0 Å². The Kier molecular flexibility index (Phi) is 3.73. The molecule has 7 heteroatoms. The second kappa shape index (κ2) is 4.49. The van der Waals surface area contributed by atoms with E-state index in [1.165, 1.54) is 12.1 Å². The van der Waals surface area contributed by atoms with Gasteiger partial charge in [0.2, 0.25) is 0 Å². The number of aliphatic hydroxyl groups is 1. The number of rotatable bonds is 2. The van der Waals surface area contributed by atoms with Crippen LogP contribution >= 0.6 is 26.6 Å². The molecule has 0 bridgehead atoms. The van der Waals surface area contributed by atoms with Crippen LogP contribution < -0.4 is 0 Å². The van der Waals surface area contributed by atoms with Gasteiger partial charge in [-0.05, 0) is 17.7 Å². The number of nitriles is 1. The zero-order valence-corrected chi connectivity index (χ0v) is 10.4. The molecule has 80 valence electrons. The normalized spacial score (nSPS) is 11.1. The molecule has 0 aliphatic carbocycles. The van der Waals surface area contributed by atoms with Gasteiger partial charge in [0.25, 0.3) is 9.05 Å². The summed E-state index contributed by atoms with van der Waals surface area (Å²) < 4.78 is 22.7. The molecule has 0 atom stereocenters. The molecule has 15 heavy (non-hydrogen) atoms. The lowest BCUT2D eigenvalue weighted by atomic mass is 10.1. The first-order chi connectivity index (χ1) is 6.90. The fourth-order valence-corrected chi connectivity index (χ4v) is 2.51.